The van der Waals surface area contributed by atoms with Crippen LogP contribution in [0, 0.1) is 0 Å². The molecule has 10 nitrogen and oxygen atoms in total. The zero-order valence-corrected chi connectivity index (χ0v) is 19.9. The number of nitrogens with zero attached hydrogens (tertiary/aromatic N) is 6. The molecule has 0 spiro atoms. The van der Waals surface area contributed by atoms with Crippen LogP contribution < -0.4 is 10.2 Å². The number of carboxylic acid groups (broad SMARTS) is 1. The number of hydrogen-bond donors (Lipinski definition) is 3. The van der Waals surface area contributed by atoms with E-state index in [0.717, 1.165) is 33.8 Å². The van der Waals surface area contributed by atoms with Crippen LogP contribution in [0.4, 0.5) is 27.9 Å². The van der Waals surface area contributed by atoms with E-state index in [9.17, 15) is 15.0 Å². The highest BCUT2D eigenvalue weighted by molar-refractivity contribution is 5.70. The third-order valence-electron chi connectivity index (χ3n) is 6.14. The number of carbonyl (C=O) groups is 1. The highest BCUT2D eigenvalue weighted by Crippen LogP contribution is 2.33. The lowest BCUT2D eigenvalue weighted by Crippen LogP contribution is -2.37. The van der Waals surface area contributed by atoms with Crippen molar-refractivity contribution < 1.29 is 15.0 Å². The van der Waals surface area contributed by atoms with Gasteiger partial charge in [-0.15, -0.1) is 0 Å². The second-order valence-corrected chi connectivity index (χ2v) is 8.57. The molecule has 0 radical (unpaired) electrons. The minimum atomic E-state index is -0.976. The molecule has 3 N–H and O–H groups in total. The fraction of sp³-hybridized carbons (Fsp3) is 0.231. The summed E-state index contributed by atoms with van der Waals surface area (Å²) in [7, 11) is 1.88. The minimum absolute atomic E-state index is 0.0884. The van der Waals surface area contributed by atoms with Crippen molar-refractivity contribution in [2.45, 2.75) is 13.0 Å². The number of aliphatic hydroxyl groups excluding tert-OH is 1. The molecule has 0 bridgehead atoms. The summed E-state index contributed by atoms with van der Waals surface area (Å²) in [6.45, 7) is 0.771. The molecule has 1 aliphatic rings. The van der Waals surface area contributed by atoms with Gasteiger partial charge in [0.25, 0.3) is 0 Å². The molecule has 3 heterocycles. The van der Waals surface area contributed by atoms with E-state index in [-0.39, 0.29) is 13.2 Å². The van der Waals surface area contributed by atoms with E-state index >= 15 is 0 Å². The first kappa shape index (κ1) is 23.3. The van der Waals surface area contributed by atoms with E-state index in [1.807, 2.05) is 78.9 Å². The number of anilines is 4. The third-order valence-corrected chi connectivity index (χ3v) is 6.14. The number of benzene rings is 2. The molecule has 0 atom stereocenters. The molecule has 4 aromatic rings. The second kappa shape index (κ2) is 10.0. The smallest absolute Gasteiger partial charge is 0.407 e. The molecule has 0 saturated heterocycles. The van der Waals surface area contributed by atoms with Crippen LogP contribution in [0.5, 0.6) is 0 Å². The van der Waals surface area contributed by atoms with Gasteiger partial charge < -0.3 is 25.3 Å². The number of fused-ring (bicyclic) bond motifs is 1. The molecule has 1 aliphatic heterocycles. The summed E-state index contributed by atoms with van der Waals surface area (Å²) in [5.74, 6) is 1.00. The van der Waals surface area contributed by atoms with Crippen LogP contribution >= 0.6 is 0 Å². The van der Waals surface area contributed by atoms with Crippen molar-refractivity contribution in [3.63, 3.8) is 0 Å². The van der Waals surface area contributed by atoms with E-state index in [1.54, 1.807) is 4.68 Å². The maximum Gasteiger partial charge on any atom is 0.407 e. The summed E-state index contributed by atoms with van der Waals surface area (Å²) in [5, 5.41) is 26.9. The lowest BCUT2D eigenvalue weighted by Gasteiger charge is -2.32. The Labute approximate surface area is 208 Å². The SMILES string of the molecule is Cn1cc(-c2ccc(Nc3nc4c(c(N(CCO)c5ccccc5)n3)CN(C(=O)O)CC4)cc2)cn1. The van der Waals surface area contributed by atoms with Crippen LogP contribution in [0.25, 0.3) is 11.1 Å². The predicted octanol–water partition coefficient (Wildman–Crippen LogP) is 3.79. The molecule has 0 fully saturated rings. The maximum atomic E-state index is 11.7. The number of hydrogen-bond acceptors (Lipinski definition) is 7. The zero-order chi connectivity index (χ0) is 25.1. The Bertz CT molecular complexity index is 1360. The molecule has 2 aromatic heterocycles. The first-order valence-electron chi connectivity index (χ1n) is 11.7. The largest absolute Gasteiger partial charge is 0.465 e. The summed E-state index contributed by atoms with van der Waals surface area (Å²) in [6.07, 6.45) is 3.28. The highest BCUT2D eigenvalue weighted by Gasteiger charge is 2.28. The molecule has 2 aromatic carbocycles. The third kappa shape index (κ3) is 4.84. The second-order valence-electron chi connectivity index (χ2n) is 8.57. The molecule has 0 unspecified atom stereocenters. The monoisotopic (exact) mass is 485 g/mol. The maximum absolute atomic E-state index is 11.7. The van der Waals surface area contributed by atoms with Crippen molar-refractivity contribution in [3.05, 3.63) is 78.2 Å². The van der Waals surface area contributed by atoms with Crippen molar-refractivity contribution >= 4 is 29.2 Å². The normalized spacial score (nSPS) is 12.8. The van der Waals surface area contributed by atoms with Crippen molar-refractivity contribution in [1.29, 1.82) is 0 Å². The number of nitrogens with one attached hydrogen (secondary N) is 1. The Morgan fingerprint density at radius 1 is 1.08 bits per heavy atom. The van der Waals surface area contributed by atoms with Crippen molar-refractivity contribution in [2.75, 3.05) is 29.9 Å². The van der Waals surface area contributed by atoms with E-state index < -0.39 is 6.09 Å². The van der Waals surface area contributed by atoms with Crippen molar-refractivity contribution in [1.82, 2.24) is 24.6 Å². The van der Waals surface area contributed by atoms with E-state index in [2.05, 4.69) is 10.4 Å². The summed E-state index contributed by atoms with van der Waals surface area (Å²) < 4.78 is 1.76. The molecule has 36 heavy (non-hydrogen) atoms. The van der Waals surface area contributed by atoms with Gasteiger partial charge in [0.15, 0.2) is 0 Å². The molecular formula is C26H27N7O3. The molecular weight excluding hydrogens is 458 g/mol. The van der Waals surface area contributed by atoms with Gasteiger partial charge in [0, 0.05) is 55.3 Å². The first-order chi connectivity index (χ1) is 17.5. The number of rotatable bonds is 7. The quantitative estimate of drug-likeness (QED) is 0.362. The molecule has 184 valence electrons. The van der Waals surface area contributed by atoms with Crippen LogP contribution in [-0.4, -0.2) is 60.7 Å². The topological polar surface area (TPSA) is 120 Å². The van der Waals surface area contributed by atoms with Gasteiger partial charge >= 0.3 is 6.09 Å². The zero-order valence-electron chi connectivity index (χ0n) is 19.9. The molecule has 0 aliphatic carbocycles. The van der Waals surface area contributed by atoms with Gasteiger partial charge in [-0.05, 0) is 29.8 Å². The van der Waals surface area contributed by atoms with Gasteiger partial charge in [-0.25, -0.2) is 9.78 Å². The van der Waals surface area contributed by atoms with E-state index in [1.165, 1.54) is 4.90 Å². The fourth-order valence-corrected chi connectivity index (χ4v) is 4.35. The lowest BCUT2D eigenvalue weighted by molar-refractivity contribution is 0.139. The van der Waals surface area contributed by atoms with Gasteiger partial charge in [0.1, 0.15) is 5.82 Å². The molecule has 10 heteroatoms. The average molecular weight is 486 g/mol. The van der Waals surface area contributed by atoms with Crippen LogP contribution in [0.15, 0.2) is 67.0 Å². The summed E-state index contributed by atoms with van der Waals surface area (Å²) in [5.41, 5.74) is 5.30. The van der Waals surface area contributed by atoms with Crippen molar-refractivity contribution in [3.8, 4) is 11.1 Å². The van der Waals surface area contributed by atoms with Gasteiger partial charge in [0.2, 0.25) is 5.95 Å². The Morgan fingerprint density at radius 2 is 1.86 bits per heavy atom. The number of aromatic nitrogens is 4. The van der Waals surface area contributed by atoms with Crippen LogP contribution in [0.1, 0.15) is 11.3 Å². The summed E-state index contributed by atoms with van der Waals surface area (Å²) in [6, 6.07) is 17.6. The fourth-order valence-electron chi connectivity index (χ4n) is 4.35. The van der Waals surface area contributed by atoms with Crippen LogP contribution in [0.2, 0.25) is 0 Å². The van der Waals surface area contributed by atoms with Gasteiger partial charge in [-0.1, -0.05) is 30.3 Å². The minimum Gasteiger partial charge on any atom is -0.465 e. The highest BCUT2D eigenvalue weighted by atomic mass is 16.4. The van der Waals surface area contributed by atoms with Gasteiger partial charge in [0.05, 0.1) is 25.0 Å². The van der Waals surface area contributed by atoms with Crippen LogP contribution in [0.3, 0.4) is 0 Å². The predicted molar refractivity (Wildman–Crippen MR) is 137 cm³/mol. The number of para-hydroxylation sites is 1. The molecule has 0 saturated carbocycles. The summed E-state index contributed by atoms with van der Waals surface area (Å²) in [4.78, 5) is 24.5. The number of aryl methyl sites for hydroxylation is 1. The van der Waals surface area contributed by atoms with Crippen molar-refractivity contribution in [2.24, 2.45) is 7.05 Å². The molecule has 5 rings (SSSR count). The Kier molecular flexibility index (Phi) is 6.50. The van der Waals surface area contributed by atoms with E-state index in [0.29, 0.717) is 31.3 Å². The van der Waals surface area contributed by atoms with E-state index in [4.69, 9.17) is 9.97 Å². The Hall–Kier alpha value is -4.44. The number of aliphatic hydroxyl groups is 1. The number of amides is 1. The molecule has 1 amide bonds. The van der Waals surface area contributed by atoms with Gasteiger partial charge in [-0.3, -0.25) is 4.68 Å². The Morgan fingerprint density at radius 3 is 2.53 bits per heavy atom. The van der Waals surface area contributed by atoms with Gasteiger partial charge in [-0.2, -0.15) is 10.1 Å². The lowest BCUT2D eigenvalue weighted by atomic mass is 10.1. The Balaban J connectivity index is 1.51. The average Bonchev–Trinajstić information content (AvgIpc) is 3.33. The van der Waals surface area contributed by atoms with Crippen LogP contribution in [-0.2, 0) is 20.0 Å². The first-order valence-corrected chi connectivity index (χ1v) is 11.7. The summed E-state index contributed by atoms with van der Waals surface area (Å²) >= 11 is 0. The standard InChI is InChI=1S/C26H27N7O3/c1-31-16-19(15-27-31)18-7-9-20(10-8-18)28-25-29-23-11-12-32(26(35)36)17-22(23)24(30-25)33(13-14-34)21-5-3-2-4-6-21/h2-10,15-16,34H,11-14,17H2,1H3,(H,35,36)(H,28,29,30).